The Kier molecular flexibility index (Phi) is 7.75. The van der Waals surface area contributed by atoms with Crippen molar-refractivity contribution < 1.29 is 14.3 Å². The van der Waals surface area contributed by atoms with Crippen molar-refractivity contribution in [3.05, 3.63) is 48.0 Å². The van der Waals surface area contributed by atoms with Gasteiger partial charge in [-0.2, -0.15) is 5.10 Å². The Hall–Kier alpha value is -2.21. The van der Waals surface area contributed by atoms with Crippen LogP contribution in [0.1, 0.15) is 11.7 Å². The van der Waals surface area contributed by atoms with E-state index >= 15 is 0 Å². The molecule has 152 valence electrons. The van der Waals surface area contributed by atoms with Crippen LogP contribution in [0.2, 0.25) is 0 Å². The number of carbonyl (C=O) groups is 1. The van der Waals surface area contributed by atoms with Crippen LogP contribution in [0.5, 0.6) is 0 Å². The lowest BCUT2D eigenvalue weighted by Gasteiger charge is -2.35. The smallest absolute Gasteiger partial charge is 0.246 e. The maximum Gasteiger partial charge on any atom is 0.246 e. The molecular formula is C18H24FIN6O2. The van der Waals surface area contributed by atoms with E-state index in [1.807, 2.05) is 11.9 Å². The number of aliphatic hydroxyl groups excluding tert-OH is 1. The third-order valence-electron chi connectivity index (χ3n) is 4.44. The summed E-state index contributed by atoms with van der Waals surface area (Å²) in [4.78, 5) is 20.2. The molecule has 1 aliphatic heterocycles. The summed E-state index contributed by atoms with van der Waals surface area (Å²) in [6.45, 7) is 1.51. The van der Waals surface area contributed by atoms with Gasteiger partial charge < -0.3 is 20.2 Å². The molecule has 1 aliphatic rings. The first-order valence-electron chi connectivity index (χ1n) is 8.66. The molecule has 10 heteroatoms. The fraction of sp³-hybridized carbons (Fsp3) is 0.389. The summed E-state index contributed by atoms with van der Waals surface area (Å²) in [7, 11) is 3.44. The number of hydrogen-bond acceptors (Lipinski definition) is 4. The van der Waals surface area contributed by atoms with Gasteiger partial charge in [0.1, 0.15) is 12.4 Å². The van der Waals surface area contributed by atoms with Gasteiger partial charge in [-0.15, -0.1) is 24.0 Å². The molecule has 1 atom stereocenters. The Morgan fingerprint density at radius 3 is 2.64 bits per heavy atom. The second kappa shape index (κ2) is 9.82. The third-order valence-corrected chi connectivity index (χ3v) is 4.44. The van der Waals surface area contributed by atoms with Crippen molar-refractivity contribution in [3.8, 4) is 0 Å². The highest BCUT2D eigenvalue weighted by atomic mass is 127. The molecule has 2 N–H and O–H groups in total. The van der Waals surface area contributed by atoms with E-state index in [4.69, 9.17) is 0 Å². The van der Waals surface area contributed by atoms with Gasteiger partial charge in [-0.3, -0.25) is 14.5 Å². The van der Waals surface area contributed by atoms with Crippen molar-refractivity contribution in [2.24, 2.45) is 12.0 Å². The van der Waals surface area contributed by atoms with Crippen LogP contribution in [0.25, 0.3) is 0 Å². The van der Waals surface area contributed by atoms with Crippen molar-refractivity contribution in [2.45, 2.75) is 6.10 Å². The van der Waals surface area contributed by atoms with Gasteiger partial charge in [0.05, 0.1) is 18.0 Å². The number of aryl methyl sites for hydroxylation is 1. The lowest BCUT2D eigenvalue weighted by atomic mass is 10.1. The molecule has 2 aromatic rings. The maximum absolute atomic E-state index is 13.0. The number of aliphatic hydroxyl groups is 1. The average molecular weight is 502 g/mol. The largest absolute Gasteiger partial charge is 0.387 e. The Bertz CT molecular complexity index is 826. The number of benzene rings is 1. The molecule has 28 heavy (non-hydrogen) atoms. The monoisotopic (exact) mass is 502 g/mol. The number of anilines is 1. The van der Waals surface area contributed by atoms with Crippen LogP contribution in [0.3, 0.4) is 0 Å². The van der Waals surface area contributed by atoms with Gasteiger partial charge >= 0.3 is 0 Å². The first-order valence-corrected chi connectivity index (χ1v) is 8.66. The Morgan fingerprint density at radius 2 is 2.07 bits per heavy atom. The van der Waals surface area contributed by atoms with E-state index in [1.54, 1.807) is 41.2 Å². The minimum absolute atomic E-state index is 0. The molecule has 3 rings (SSSR count). The molecule has 0 spiro atoms. The predicted octanol–water partition coefficient (Wildman–Crippen LogP) is 1.13. The molecule has 0 bridgehead atoms. The molecule has 1 unspecified atom stereocenters. The van der Waals surface area contributed by atoms with E-state index in [1.165, 1.54) is 12.1 Å². The Morgan fingerprint density at radius 1 is 1.36 bits per heavy atom. The average Bonchev–Trinajstić information content (AvgIpc) is 3.09. The molecule has 1 saturated heterocycles. The number of guanidine groups is 1. The number of nitrogens with zero attached hydrogens (tertiary/aromatic N) is 5. The molecule has 2 heterocycles. The van der Waals surface area contributed by atoms with Gasteiger partial charge in [0.15, 0.2) is 5.96 Å². The molecule has 0 radical (unpaired) electrons. The van der Waals surface area contributed by atoms with Crippen LogP contribution in [0.4, 0.5) is 10.1 Å². The number of rotatable bonds is 4. The SMILES string of the molecule is CN=C(NCC(O)c1ccc(F)cc1)N1CCN(c2cnn(C)c2)C(=O)C1.I. The summed E-state index contributed by atoms with van der Waals surface area (Å²) in [6, 6.07) is 5.70. The molecule has 8 nitrogen and oxygen atoms in total. The van der Waals surface area contributed by atoms with Crippen LogP contribution < -0.4 is 10.2 Å². The minimum Gasteiger partial charge on any atom is -0.387 e. The summed E-state index contributed by atoms with van der Waals surface area (Å²) >= 11 is 0. The summed E-state index contributed by atoms with van der Waals surface area (Å²) in [6.07, 6.45) is 2.66. The molecule has 0 saturated carbocycles. The third kappa shape index (κ3) is 5.19. The molecule has 1 fully saturated rings. The number of piperazine rings is 1. The molecular weight excluding hydrogens is 478 g/mol. The van der Waals surface area contributed by atoms with Crippen molar-refractivity contribution in [1.82, 2.24) is 20.0 Å². The van der Waals surface area contributed by atoms with Crippen molar-refractivity contribution in [2.75, 3.05) is 38.1 Å². The van der Waals surface area contributed by atoms with Crippen molar-refractivity contribution in [1.29, 1.82) is 0 Å². The van der Waals surface area contributed by atoms with Crippen LogP contribution in [-0.4, -0.2) is 64.9 Å². The number of amides is 1. The van der Waals surface area contributed by atoms with E-state index in [0.29, 0.717) is 24.6 Å². The van der Waals surface area contributed by atoms with Gasteiger partial charge in [0.25, 0.3) is 0 Å². The summed E-state index contributed by atoms with van der Waals surface area (Å²) in [5.74, 6) is 0.145. The second-order valence-corrected chi connectivity index (χ2v) is 6.33. The molecule has 0 aliphatic carbocycles. The zero-order valence-electron chi connectivity index (χ0n) is 15.7. The van der Waals surface area contributed by atoms with Crippen LogP contribution >= 0.6 is 24.0 Å². The molecule has 1 aromatic heterocycles. The van der Waals surface area contributed by atoms with Gasteiger partial charge in [-0.1, -0.05) is 12.1 Å². The quantitative estimate of drug-likeness (QED) is 0.372. The van der Waals surface area contributed by atoms with Crippen LogP contribution in [0, 0.1) is 5.82 Å². The Balaban J connectivity index is 0.00000280. The van der Waals surface area contributed by atoms with E-state index in [2.05, 4.69) is 15.4 Å². The summed E-state index contributed by atoms with van der Waals surface area (Å²) in [5, 5.41) is 17.4. The first kappa shape index (κ1) is 22.1. The zero-order valence-corrected chi connectivity index (χ0v) is 18.1. The number of carbonyl (C=O) groups excluding carboxylic acids is 1. The van der Waals surface area contributed by atoms with Crippen LogP contribution in [0.15, 0.2) is 41.7 Å². The first-order chi connectivity index (χ1) is 13.0. The van der Waals surface area contributed by atoms with Crippen LogP contribution in [-0.2, 0) is 11.8 Å². The number of nitrogens with one attached hydrogen (secondary N) is 1. The lowest BCUT2D eigenvalue weighted by Crippen LogP contribution is -2.55. The zero-order chi connectivity index (χ0) is 19.4. The highest BCUT2D eigenvalue weighted by Gasteiger charge is 2.27. The second-order valence-electron chi connectivity index (χ2n) is 6.33. The van der Waals surface area contributed by atoms with Gasteiger partial charge in [0, 0.05) is 39.9 Å². The standard InChI is InChI=1S/C18H23FN6O2.HI/c1-20-18(21-10-16(26)13-3-5-14(19)6-4-13)24-7-8-25(17(27)12-24)15-9-22-23(2)11-15;/h3-6,9,11,16,26H,7-8,10,12H2,1-2H3,(H,20,21);1H. The van der Waals surface area contributed by atoms with Crippen molar-refractivity contribution >= 4 is 41.5 Å². The molecule has 1 aromatic carbocycles. The number of aromatic nitrogens is 2. The fourth-order valence-corrected chi connectivity index (χ4v) is 3.00. The van der Waals surface area contributed by atoms with Gasteiger partial charge in [-0.25, -0.2) is 4.39 Å². The summed E-state index contributed by atoms with van der Waals surface area (Å²) in [5.41, 5.74) is 1.38. The minimum atomic E-state index is -0.810. The van der Waals surface area contributed by atoms with E-state index in [9.17, 15) is 14.3 Å². The fourth-order valence-electron chi connectivity index (χ4n) is 3.00. The normalized spacial score (nSPS) is 16.0. The lowest BCUT2D eigenvalue weighted by molar-refractivity contribution is -0.120. The number of aliphatic imine (C=N–C) groups is 1. The van der Waals surface area contributed by atoms with E-state index < -0.39 is 6.10 Å². The Labute approximate surface area is 180 Å². The highest BCUT2D eigenvalue weighted by Crippen LogP contribution is 2.16. The van der Waals surface area contributed by atoms with Gasteiger partial charge in [0.2, 0.25) is 5.91 Å². The maximum atomic E-state index is 13.0. The van der Waals surface area contributed by atoms with Gasteiger partial charge in [-0.05, 0) is 17.7 Å². The number of hydrogen-bond donors (Lipinski definition) is 2. The van der Waals surface area contributed by atoms with E-state index in [0.717, 1.165) is 5.69 Å². The van der Waals surface area contributed by atoms with E-state index in [-0.39, 0.29) is 48.8 Å². The molecule has 1 amide bonds. The predicted molar refractivity (Wildman–Crippen MR) is 115 cm³/mol. The topological polar surface area (TPSA) is 86.0 Å². The van der Waals surface area contributed by atoms with Crippen molar-refractivity contribution in [3.63, 3.8) is 0 Å². The number of halogens is 2. The summed E-state index contributed by atoms with van der Waals surface area (Å²) < 4.78 is 14.6. The highest BCUT2D eigenvalue weighted by molar-refractivity contribution is 14.0.